The molecule has 1 amide bonds. The largest absolute Gasteiger partial charge is 0.497 e. The predicted molar refractivity (Wildman–Crippen MR) is 84.6 cm³/mol. The smallest absolute Gasteiger partial charge is 0.358 e. The molecule has 1 heterocycles. The second-order valence-electron chi connectivity index (χ2n) is 5.00. The fourth-order valence-corrected chi connectivity index (χ4v) is 2.25. The van der Waals surface area contributed by atoms with Gasteiger partial charge in [0.2, 0.25) is 5.91 Å². The number of nitrogens with one attached hydrogen (secondary N) is 1. The second kappa shape index (κ2) is 6.95. The third-order valence-corrected chi connectivity index (χ3v) is 3.39. The zero-order chi connectivity index (χ0) is 17.0. The van der Waals surface area contributed by atoms with Crippen LogP contribution < -0.4 is 10.1 Å². The molecule has 7 nitrogen and oxygen atoms in total. The number of methoxy groups -OCH3 is 2. The summed E-state index contributed by atoms with van der Waals surface area (Å²) in [5.41, 5.74) is 1.98. The third kappa shape index (κ3) is 3.68. The van der Waals surface area contributed by atoms with Crippen LogP contribution in [0.4, 0.5) is 5.69 Å². The van der Waals surface area contributed by atoms with Crippen LogP contribution in [0, 0.1) is 6.92 Å². The maximum absolute atomic E-state index is 12.2. The molecule has 0 unspecified atom stereocenters. The van der Waals surface area contributed by atoms with E-state index in [0.717, 1.165) is 11.3 Å². The summed E-state index contributed by atoms with van der Waals surface area (Å²) in [5, 5.41) is 6.89. The standard InChI is InChI=1S/C16H19N3O4/c1-10-14(15(16(21)23-4)19(2)18-10)17-13(20)9-11-5-7-12(22-3)8-6-11/h5-8H,9H2,1-4H3,(H,17,20). The summed E-state index contributed by atoms with van der Waals surface area (Å²) in [6.45, 7) is 1.72. The number of hydrogen-bond donors (Lipinski definition) is 1. The molecule has 1 aromatic carbocycles. The molecule has 0 aliphatic heterocycles. The number of aromatic nitrogens is 2. The van der Waals surface area contributed by atoms with Crippen molar-refractivity contribution in [1.82, 2.24) is 9.78 Å². The number of esters is 1. The highest BCUT2D eigenvalue weighted by atomic mass is 16.5. The lowest BCUT2D eigenvalue weighted by molar-refractivity contribution is -0.115. The molecule has 2 rings (SSSR count). The second-order valence-corrected chi connectivity index (χ2v) is 5.00. The van der Waals surface area contributed by atoms with Gasteiger partial charge in [0.25, 0.3) is 0 Å². The van der Waals surface area contributed by atoms with Crippen LogP contribution in [0.2, 0.25) is 0 Å². The monoisotopic (exact) mass is 317 g/mol. The number of amides is 1. The summed E-state index contributed by atoms with van der Waals surface area (Å²) in [4.78, 5) is 24.1. The van der Waals surface area contributed by atoms with Gasteiger partial charge in [0.1, 0.15) is 5.75 Å². The van der Waals surface area contributed by atoms with Crippen LogP contribution in [0.5, 0.6) is 5.75 Å². The van der Waals surface area contributed by atoms with E-state index in [1.807, 2.05) is 12.1 Å². The highest BCUT2D eigenvalue weighted by molar-refractivity contribution is 6.01. The van der Waals surface area contributed by atoms with Gasteiger partial charge in [0.05, 0.1) is 32.0 Å². The lowest BCUT2D eigenvalue weighted by Gasteiger charge is -2.08. The molecule has 0 saturated carbocycles. The number of nitrogens with zero attached hydrogens (tertiary/aromatic N) is 2. The van der Waals surface area contributed by atoms with E-state index >= 15 is 0 Å². The molecule has 0 spiro atoms. The van der Waals surface area contributed by atoms with Crippen molar-refractivity contribution >= 4 is 17.6 Å². The lowest BCUT2D eigenvalue weighted by Crippen LogP contribution is -2.18. The van der Waals surface area contributed by atoms with E-state index < -0.39 is 5.97 Å². The molecule has 122 valence electrons. The van der Waals surface area contributed by atoms with Gasteiger partial charge in [0, 0.05) is 7.05 Å². The average molecular weight is 317 g/mol. The zero-order valence-electron chi connectivity index (χ0n) is 13.5. The first kappa shape index (κ1) is 16.5. The van der Waals surface area contributed by atoms with Gasteiger partial charge < -0.3 is 14.8 Å². The van der Waals surface area contributed by atoms with Gasteiger partial charge >= 0.3 is 5.97 Å². The third-order valence-electron chi connectivity index (χ3n) is 3.39. The van der Waals surface area contributed by atoms with E-state index in [1.54, 1.807) is 33.2 Å². The van der Waals surface area contributed by atoms with E-state index in [-0.39, 0.29) is 18.0 Å². The minimum atomic E-state index is -0.548. The van der Waals surface area contributed by atoms with Crippen molar-refractivity contribution in [3.05, 3.63) is 41.2 Å². The number of carbonyl (C=O) groups is 2. The topological polar surface area (TPSA) is 82.4 Å². The highest BCUT2D eigenvalue weighted by Gasteiger charge is 2.22. The van der Waals surface area contributed by atoms with Crippen LogP contribution in [-0.4, -0.2) is 35.9 Å². The van der Waals surface area contributed by atoms with Crippen LogP contribution >= 0.6 is 0 Å². The molecular weight excluding hydrogens is 298 g/mol. The molecule has 23 heavy (non-hydrogen) atoms. The molecule has 0 aliphatic rings. The molecule has 0 aliphatic carbocycles. The average Bonchev–Trinajstić information content (AvgIpc) is 2.81. The molecule has 0 radical (unpaired) electrons. The van der Waals surface area contributed by atoms with Crippen molar-refractivity contribution in [2.45, 2.75) is 13.3 Å². The first-order valence-corrected chi connectivity index (χ1v) is 7.01. The molecule has 7 heteroatoms. The van der Waals surface area contributed by atoms with Crippen LogP contribution in [0.15, 0.2) is 24.3 Å². The number of benzene rings is 1. The van der Waals surface area contributed by atoms with Crippen molar-refractivity contribution in [3.8, 4) is 5.75 Å². The lowest BCUT2D eigenvalue weighted by atomic mass is 10.1. The molecule has 2 aromatic rings. The van der Waals surface area contributed by atoms with Gasteiger partial charge in [0.15, 0.2) is 5.69 Å². The Balaban J connectivity index is 2.15. The Morgan fingerprint density at radius 2 is 1.87 bits per heavy atom. The molecule has 0 bridgehead atoms. The summed E-state index contributed by atoms with van der Waals surface area (Å²) in [6.07, 6.45) is 0.180. The van der Waals surface area contributed by atoms with Gasteiger partial charge in [-0.05, 0) is 24.6 Å². The Morgan fingerprint density at radius 1 is 1.22 bits per heavy atom. The number of ether oxygens (including phenoxy) is 2. The minimum Gasteiger partial charge on any atom is -0.497 e. The van der Waals surface area contributed by atoms with Crippen molar-refractivity contribution in [2.75, 3.05) is 19.5 Å². The molecule has 0 saturated heterocycles. The zero-order valence-corrected chi connectivity index (χ0v) is 13.5. The van der Waals surface area contributed by atoms with Crippen molar-refractivity contribution in [3.63, 3.8) is 0 Å². The Kier molecular flexibility index (Phi) is 5.00. The summed E-state index contributed by atoms with van der Waals surface area (Å²) in [5.74, 6) is -0.0606. The summed E-state index contributed by atoms with van der Waals surface area (Å²) in [7, 11) is 4.49. The molecule has 0 atom stereocenters. The van der Waals surface area contributed by atoms with Gasteiger partial charge in [-0.3, -0.25) is 9.48 Å². The first-order chi connectivity index (χ1) is 11.0. The fraction of sp³-hybridized carbons (Fsp3) is 0.312. The number of aryl methyl sites for hydroxylation is 2. The van der Waals surface area contributed by atoms with Crippen molar-refractivity contribution in [1.29, 1.82) is 0 Å². The SMILES string of the molecule is COC(=O)c1c(NC(=O)Cc2ccc(OC)cc2)c(C)nn1C. The van der Waals surface area contributed by atoms with E-state index in [0.29, 0.717) is 11.4 Å². The maximum Gasteiger partial charge on any atom is 0.358 e. The van der Waals surface area contributed by atoms with Crippen molar-refractivity contribution < 1.29 is 19.1 Å². The number of hydrogen-bond acceptors (Lipinski definition) is 5. The number of carbonyl (C=O) groups excluding carboxylic acids is 2. The van der Waals surface area contributed by atoms with Gasteiger partial charge in [-0.1, -0.05) is 12.1 Å². The molecule has 0 fully saturated rings. The number of anilines is 1. The van der Waals surface area contributed by atoms with Crippen molar-refractivity contribution in [2.24, 2.45) is 7.05 Å². The number of rotatable bonds is 5. The Labute approximate surface area is 134 Å². The summed E-state index contributed by atoms with van der Waals surface area (Å²) >= 11 is 0. The van der Waals surface area contributed by atoms with E-state index in [4.69, 9.17) is 9.47 Å². The van der Waals surface area contributed by atoms with Gasteiger partial charge in [-0.25, -0.2) is 4.79 Å². The quantitative estimate of drug-likeness (QED) is 0.849. The minimum absolute atomic E-state index is 0.180. The van der Waals surface area contributed by atoms with E-state index in [2.05, 4.69) is 10.4 Å². The van der Waals surface area contributed by atoms with Gasteiger partial charge in [-0.2, -0.15) is 5.10 Å². The van der Waals surface area contributed by atoms with Crippen LogP contribution in [0.25, 0.3) is 0 Å². The molecular formula is C16H19N3O4. The first-order valence-electron chi connectivity index (χ1n) is 7.01. The van der Waals surface area contributed by atoms with Gasteiger partial charge in [-0.15, -0.1) is 0 Å². The molecule has 1 N–H and O–H groups in total. The predicted octanol–water partition coefficient (Wildman–Crippen LogP) is 1.70. The summed E-state index contributed by atoms with van der Waals surface area (Å²) in [6, 6.07) is 7.21. The maximum atomic E-state index is 12.2. The Hall–Kier alpha value is -2.83. The van der Waals surface area contributed by atoms with Crippen LogP contribution in [0.3, 0.4) is 0 Å². The van der Waals surface area contributed by atoms with E-state index in [9.17, 15) is 9.59 Å². The molecule has 1 aromatic heterocycles. The van der Waals surface area contributed by atoms with E-state index in [1.165, 1.54) is 11.8 Å². The fourth-order valence-electron chi connectivity index (χ4n) is 2.25. The Bertz CT molecular complexity index is 720. The van der Waals surface area contributed by atoms with Crippen LogP contribution in [0.1, 0.15) is 21.7 Å². The summed E-state index contributed by atoms with van der Waals surface area (Å²) < 4.78 is 11.2. The normalized spacial score (nSPS) is 10.3. The Morgan fingerprint density at radius 3 is 2.43 bits per heavy atom. The highest BCUT2D eigenvalue weighted by Crippen LogP contribution is 2.21. The van der Waals surface area contributed by atoms with Crippen LogP contribution in [-0.2, 0) is 23.0 Å².